The lowest BCUT2D eigenvalue weighted by molar-refractivity contribution is -0.130. The van der Waals surface area contributed by atoms with Crippen molar-refractivity contribution in [3.05, 3.63) is 0 Å². The Kier molecular flexibility index (Phi) is 6.47. The van der Waals surface area contributed by atoms with Gasteiger partial charge in [-0.15, -0.1) is 0 Å². The van der Waals surface area contributed by atoms with E-state index in [1.807, 2.05) is 14.0 Å². The summed E-state index contributed by atoms with van der Waals surface area (Å²) in [4.78, 5) is 18.0. The molecule has 1 amide bonds. The van der Waals surface area contributed by atoms with Gasteiger partial charge in [0.1, 0.15) is 0 Å². The fourth-order valence-electron chi connectivity index (χ4n) is 2.00. The molecule has 0 aromatic heterocycles. The highest BCUT2D eigenvalue weighted by molar-refractivity contribution is 5.75. The Bertz CT molecular complexity index is 228. The van der Waals surface area contributed by atoms with Crippen LogP contribution in [0.5, 0.6) is 0 Å². The summed E-state index contributed by atoms with van der Waals surface area (Å²) in [6, 6.07) is 0. The van der Waals surface area contributed by atoms with E-state index >= 15 is 0 Å². The lowest BCUT2D eigenvalue weighted by Gasteiger charge is -2.34. The van der Waals surface area contributed by atoms with Crippen LogP contribution < -0.4 is 0 Å². The van der Waals surface area contributed by atoms with Crippen molar-refractivity contribution in [2.24, 2.45) is 0 Å². The smallest absolute Gasteiger partial charge is 0.223 e. The molecule has 1 rings (SSSR count). The second kappa shape index (κ2) is 7.63. The van der Waals surface area contributed by atoms with Crippen molar-refractivity contribution in [1.29, 1.82) is 0 Å². The quantitative estimate of drug-likeness (QED) is 0.681. The number of aliphatic hydroxyl groups is 1. The molecule has 1 aliphatic heterocycles. The summed E-state index contributed by atoms with van der Waals surface area (Å²) < 4.78 is 0. The van der Waals surface area contributed by atoms with E-state index in [-0.39, 0.29) is 12.5 Å². The van der Waals surface area contributed by atoms with Gasteiger partial charge in [-0.25, -0.2) is 0 Å². The predicted molar refractivity (Wildman–Crippen MR) is 67.9 cm³/mol. The molecule has 0 aromatic rings. The van der Waals surface area contributed by atoms with Crippen LogP contribution in [0.4, 0.5) is 0 Å². The summed E-state index contributed by atoms with van der Waals surface area (Å²) >= 11 is 0. The average molecular weight is 243 g/mol. The molecular weight excluding hydrogens is 218 g/mol. The third-order valence-electron chi connectivity index (χ3n) is 3.42. The van der Waals surface area contributed by atoms with Crippen molar-refractivity contribution in [3.63, 3.8) is 0 Å². The maximum absolute atomic E-state index is 11.6. The van der Waals surface area contributed by atoms with Gasteiger partial charge in [-0.1, -0.05) is 0 Å². The molecule has 0 saturated carbocycles. The molecular formula is C12H25N3O2. The average Bonchev–Trinajstić information content (AvgIpc) is 2.37. The fourth-order valence-corrected chi connectivity index (χ4v) is 2.00. The van der Waals surface area contributed by atoms with Crippen LogP contribution in [0.25, 0.3) is 0 Å². The Morgan fingerprint density at radius 1 is 1.18 bits per heavy atom. The van der Waals surface area contributed by atoms with Gasteiger partial charge in [0.2, 0.25) is 5.91 Å². The third kappa shape index (κ3) is 5.02. The summed E-state index contributed by atoms with van der Waals surface area (Å²) in [5.74, 6) is 0.227. The molecule has 100 valence electrons. The van der Waals surface area contributed by atoms with E-state index in [1.165, 1.54) is 0 Å². The van der Waals surface area contributed by atoms with Gasteiger partial charge >= 0.3 is 0 Å². The van der Waals surface area contributed by atoms with E-state index in [0.717, 1.165) is 45.8 Å². The molecule has 1 fully saturated rings. The van der Waals surface area contributed by atoms with Gasteiger partial charge in [-0.2, -0.15) is 0 Å². The highest BCUT2D eigenvalue weighted by Gasteiger charge is 2.17. The first-order chi connectivity index (χ1) is 8.17. The molecule has 1 saturated heterocycles. The molecule has 1 aliphatic rings. The van der Waals surface area contributed by atoms with Crippen molar-refractivity contribution in [2.45, 2.75) is 13.3 Å². The molecule has 0 aromatic carbocycles. The third-order valence-corrected chi connectivity index (χ3v) is 3.42. The molecule has 0 bridgehead atoms. The second-order valence-corrected chi connectivity index (χ2v) is 4.56. The molecule has 0 spiro atoms. The standard InChI is InChI=1S/C12H25N3O2/c1-3-13(2)12(17)4-5-14-6-8-15(9-7-14)10-11-16/h16H,3-11H2,1-2H3. The van der Waals surface area contributed by atoms with Crippen LogP contribution in [0.1, 0.15) is 13.3 Å². The number of carbonyl (C=O) groups excluding carboxylic acids is 1. The largest absolute Gasteiger partial charge is 0.395 e. The highest BCUT2D eigenvalue weighted by Crippen LogP contribution is 2.02. The van der Waals surface area contributed by atoms with E-state index in [9.17, 15) is 4.79 Å². The van der Waals surface area contributed by atoms with Crippen LogP contribution in [-0.4, -0.2) is 85.2 Å². The topological polar surface area (TPSA) is 47.0 Å². The lowest BCUT2D eigenvalue weighted by atomic mass is 10.2. The SMILES string of the molecule is CCN(C)C(=O)CCN1CCN(CCO)CC1. The number of carbonyl (C=O) groups is 1. The maximum Gasteiger partial charge on any atom is 0.223 e. The normalized spacial score (nSPS) is 18.3. The Morgan fingerprint density at radius 3 is 2.18 bits per heavy atom. The fraction of sp³-hybridized carbons (Fsp3) is 0.917. The molecule has 1 N–H and O–H groups in total. The van der Waals surface area contributed by atoms with Crippen molar-refractivity contribution in [1.82, 2.24) is 14.7 Å². The zero-order valence-corrected chi connectivity index (χ0v) is 11.1. The number of piperazine rings is 1. The minimum absolute atomic E-state index is 0.227. The summed E-state index contributed by atoms with van der Waals surface area (Å²) in [5, 5.41) is 8.84. The molecule has 0 unspecified atom stereocenters. The second-order valence-electron chi connectivity index (χ2n) is 4.56. The molecule has 1 heterocycles. The number of aliphatic hydroxyl groups excluding tert-OH is 1. The van der Waals surface area contributed by atoms with Crippen LogP contribution in [0.2, 0.25) is 0 Å². The number of hydrogen-bond acceptors (Lipinski definition) is 4. The molecule has 0 aliphatic carbocycles. The molecule has 0 atom stereocenters. The van der Waals surface area contributed by atoms with Crippen LogP contribution in [0, 0.1) is 0 Å². The monoisotopic (exact) mass is 243 g/mol. The molecule has 5 nitrogen and oxygen atoms in total. The summed E-state index contributed by atoms with van der Waals surface area (Å²) in [6.45, 7) is 8.64. The van der Waals surface area contributed by atoms with Crippen molar-refractivity contribution < 1.29 is 9.90 Å². The van der Waals surface area contributed by atoms with Gasteiger partial charge in [-0.3, -0.25) is 9.69 Å². The number of β-amino-alcohol motifs (C(OH)–C–C–N with tert-alkyl or cyclic N) is 1. The molecule has 17 heavy (non-hydrogen) atoms. The number of amides is 1. The maximum atomic E-state index is 11.6. The van der Waals surface area contributed by atoms with E-state index in [4.69, 9.17) is 5.11 Å². The lowest BCUT2D eigenvalue weighted by Crippen LogP contribution is -2.47. The van der Waals surface area contributed by atoms with Crippen molar-refractivity contribution >= 4 is 5.91 Å². The van der Waals surface area contributed by atoms with E-state index in [2.05, 4.69) is 9.80 Å². The highest BCUT2D eigenvalue weighted by atomic mass is 16.3. The Hall–Kier alpha value is -0.650. The number of rotatable bonds is 6. The first kappa shape index (κ1) is 14.4. The molecule has 5 heteroatoms. The van der Waals surface area contributed by atoms with Gasteiger partial charge in [0.15, 0.2) is 0 Å². The Balaban J connectivity index is 2.16. The number of hydrogen-bond donors (Lipinski definition) is 1. The minimum atomic E-state index is 0.227. The van der Waals surface area contributed by atoms with Gasteiger partial charge in [0, 0.05) is 59.3 Å². The van der Waals surface area contributed by atoms with Gasteiger partial charge in [0.05, 0.1) is 6.61 Å². The summed E-state index contributed by atoms with van der Waals surface area (Å²) in [7, 11) is 1.85. The minimum Gasteiger partial charge on any atom is -0.395 e. The first-order valence-electron chi connectivity index (χ1n) is 6.47. The Labute approximate surface area is 104 Å². The summed E-state index contributed by atoms with van der Waals surface area (Å²) in [5.41, 5.74) is 0. The summed E-state index contributed by atoms with van der Waals surface area (Å²) in [6.07, 6.45) is 0.615. The van der Waals surface area contributed by atoms with Crippen LogP contribution >= 0.6 is 0 Å². The van der Waals surface area contributed by atoms with E-state index in [0.29, 0.717) is 6.42 Å². The van der Waals surface area contributed by atoms with E-state index in [1.54, 1.807) is 4.90 Å². The number of nitrogens with zero attached hydrogens (tertiary/aromatic N) is 3. The predicted octanol–water partition coefficient (Wildman–Crippen LogP) is -0.535. The van der Waals surface area contributed by atoms with Gasteiger partial charge in [-0.05, 0) is 6.92 Å². The Morgan fingerprint density at radius 2 is 1.71 bits per heavy atom. The van der Waals surface area contributed by atoms with Crippen molar-refractivity contribution in [3.8, 4) is 0 Å². The zero-order chi connectivity index (χ0) is 12.7. The molecule has 0 radical (unpaired) electrons. The van der Waals surface area contributed by atoms with Crippen molar-refractivity contribution in [2.75, 3.05) is 59.5 Å². The van der Waals surface area contributed by atoms with E-state index < -0.39 is 0 Å². The zero-order valence-electron chi connectivity index (χ0n) is 11.1. The van der Waals surface area contributed by atoms with Crippen LogP contribution in [0.15, 0.2) is 0 Å². The van der Waals surface area contributed by atoms with Gasteiger partial charge < -0.3 is 14.9 Å². The van der Waals surface area contributed by atoms with Crippen LogP contribution in [0.3, 0.4) is 0 Å². The van der Waals surface area contributed by atoms with Crippen LogP contribution in [-0.2, 0) is 4.79 Å². The van der Waals surface area contributed by atoms with Gasteiger partial charge in [0.25, 0.3) is 0 Å². The first-order valence-corrected chi connectivity index (χ1v) is 6.47.